The highest BCUT2D eigenvalue weighted by Crippen LogP contribution is 2.56. The molecular weight excluding hydrogens is 594 g/mol. The molecule has 0 saturated heterocycles. The van der Waals surface area contributed by atoms with Gasteiger partial charge in [-0.05, 0) is 152 Å². The molecule has 0 amide bonds. The molecule has 4 aromatic rings. The van der Waals surface area contributed by atoms with Gasteiger partial charge in [-0.2, -0.15) is 0 Å². The number of aryl methyl sites for hydroxylation is 2. The van der Waals surface area contributed by atoms with Crippen molar-refractivity contribution in [1.82, 2.24) is 0 Å². The molecule has 0 spiro atoms. The van der Waals surface area contributed by atoms with Gasteiger partial charge >= 0.3 is 0 Å². The fourth-order valence-electron chi connectivity index (χ4n) is 7.79. The van der Waals surface area contributed by atoms with E-state index in [2.05, 4.69) is 129 Å². The van der Waals surface area contributed by atoms with Gasteiger partial charge in [0.2, 0.25) is 0 Å². The van der Waals surface area contributed by atoms with Crippen molar-refractivity contribution in [2.75, 3.05) is 4.90 Å². The van der Waals surface area contributed by atoms with Gasteiger partial charge in [0.1, 0.15) is 0 Å². The van der Waals surface area contributed by atoms with Crippen molar-refractivity contribution in [3.8, 4) is 11.1 Å². The number of anilines is 3. The van der Waals surface area contributed by atoms with Crippen LogP contribution in [0, 0.1) is 25.7 Å². The molecule has 4 bridgehead atoms. The molecule has 38 heavy (non-hydrogen) atoms. The molecule has 2 atom stereocenters. The van der Waals surface area contributed by atoms with E-state index < -0.39 is 0 Å². The third-order valence-corrected chi connectivity index (χ3v) is 10.3. The summed E-state index contributed by atoms with van der Waals surface area (Å²) in [6, 6.07) is 29.7. The fourth-order valence-corrected chi connectivity index (χ4v) is 8.74. The first-order chi connectivity index (χ1) is 18.4. The summed E-state index contributed by atoms with van der Waals surface area (Å²) in [6.45, 7) is 4.37. The standard InChI is InChI=1S/C35H33Br2N/c1-21-13-29(36)6-11-34(21)38(35-12-7-30(37)14-22(35)2)31-8-3-25(4-9-31)26-5-10-32-27-16-23-15-24(17-27)19-28(18-23)33(32)20-26/h3-14,20,23-24,27-28H,15-19H2,1-2H3. The molecule has 0 aliphatic heterocycles. The normalized spacial score (nSPS) is 23.3. The molecule has 3 heteroatoms. The predicted octanol–water partition coefficient (Wildman–Crippen LogP) is 11.4. The second-order valence-corrected chi connectivity index (χ2v) is 13.7. The quantitative estimate of drug-likeness (QED) is 0.218. The summed E-state index contributed by atoms with van der Waals surface area (Å²) in [7, 11) is 0. The molecule has 0 aromatic heterocycles. The molecule has 192 valence electrons. The SMILES string of the molecule is Cc1cc(Br)ccc1N(c1ccc(-c2ccc3c(c2)C2CC4CC(CC3C4)C2)cc1)c1ccc(Br)cc1C. The Labute approximate surface area is 243 Å². The van der Waals surface area contributed by atoms with Crippen LogP contribution in [-0.2, 0) is 0 Å². The Kier molecular flexibility index (Phi) is 6.28. The molecule has 8 rings (SSSR count). The Morgan fingerprint density at radius 2 is 1.08 bits per heavy atom. The summed E-state index contributed by atoms with van der Waals surface area (Å²) < 4.78 is 2.21. The van der Waals surface area contributed by atoms with Crippen molar-refractivity contribution >= 4 is 48.9 Å². The Morgan fingerprint density at radius 1 is 0.553 bits per heavy atom. The van der Waals surface area contributed by atoms with Crippen LogP contribution in [0.1, 0.15) is 66.2 Å². The predicted molar refractivity (Wildman–Crippen MR) is 167 cm³/mol. The van der Waals surface area contributed by atoms with E-state index >= 15 is 0 Å². The van der Waals surface area contributed by atoms with E-state index in [0.717, 1.165) is 32.6 Å². The molecule has 2 saturated carbocycles. The Morgan fingerprint density at radius 3 is 1.63 bits per heavy atom. The minimum Gasteiger partial charge on any atom is -0.310 e. The second kappa shape index (κ2) is 9.68. The molecule has 1 nitrogen and oxygen atoms in total. The first kappa shape index (κ1) is 24.7. The maximum absolute atomic E-state index is 3.65. The molecule has 2 unspecified atom stereocenters. The maximum atomic E-state index is 3.65. The fraction of sp³-hybridized carbons (Fsp3) is 0.314. The van der Waals surface area contributed by atoms with Crippen LogP contribution in [0.15, 0.2) is 87.8 Å². The average Bonchev–Trinajstić information content (AvgIpc) is 3.07. The molecule has 2 fully saturated rings. The van der Waals surface area contributed by atoms with Gasteiger partial charge < -0.3 is 4.90 Å². The van der Waals surface area contributed by atoms with Gasteiger partial charge in [-0.3, -0.25) is 0 Å². The third-order valence-electron chi connectivity index (χ3n) is 9.36. The number of rotatable bonds is 4. The van der Waals surface area contributed by atoms with Gasteiger partial charge in [0.25, 0.3) is 0 Å². The van der Waals surface area contributed by atoms with Crippen molar-refractivity contribution in [2.45, 2.75) is 57.8 Å². The van der Waals surface area contributed by atoms with Gasteiger partial charge in [-0.25, -0.2) is 0 Å². The molecule has 0 radical (unpaired) electrons. The van der Waals surface area contributed by atoms with Crippen molar-refractivity contribution in [3.63, 3.8) is 0 Å². The van der Waals surface area contributed by atoms with Crippen molar-refractivity contribution in [3.05, 3.63) is 110 Å². The largest absolute Gasteiger partial charge is 0.310 e. The number of nitrogens with zero attached hydrogens (tertiary/aromatic N) is 1. The van der Waals surface area contributed by atoms with Crippen LogP contribution in [0.3, 0.4) is 0 Å². The van der Waals surface area contributed by atoms with E-state index in [1.807, 2.05) is 0 Å². The first-order valence-corrected chi connectivity index (χ1v) is 15.6. The zero-order valence-corrected chi connectivity index (χ0v) is 25.2. The highest BCUT2D eigenvalue weighted by atomic mass is 79.9. The summed E-state index contributed by atoms with van der Waals surface area (Å²) in [5, 5.41) is 0. The number of hydrogen-bond donors (Lipinski definition) is 0. The minimum absolute atomic E-state index is 0.775. The lowest BCUT2D eigenvalue weighted by atomic mass is 9.67. The van der Waals surface area contributed by atoms with Crippen LogP contribution >= 0.6 is 31.9 Å². The van der Waals surface area contributed by atoms with E-state index in [0.29, 0.717) is 0 Å². The highest BCUT2D eigenvalue weighted by molar-refractivity contribution is 9.10. The van der Waals surface area contributed by atoms with Gasteiger partial charge in [-0.15, -0.1) is 0 Å². The monoisotopic (exact) mass is 625 g/mol. The molecule has 4 aliphatic carbocycles. The van der Waals surface area contributed by atoms with Crippen LogP contribution in [0.5, 0.6) is 0 Å². The van der Waals surface area contributed by atoms with Crippen molar-refractivity contribution in [2.24, 2.45) is 11.8 Å². The van der Waals surface area contributed by atoms with Crippen LogP contribution < -0.4 is 4.90 Å². The van der Waals surface area contributed by atoms with E-state index in [4.69, 9.17) is 0 Å². The summed E-state index contributed by atoms with van der Waals surface area (Å²) >= 11 is 7.29. The average molecular weight is 627 g/mol. The number of halogens is 2. The number of hydrogen-bond acceptors (Lipinski definition) is 1. The zero-order valence-electron chi connectivity index (χ0n) is 22.1. The lowest BCUT2D eigenvalue weighted by molar-refractivity contribution is 0.166. The summed E-state index contributed by atoms with van der Waals surface area (Å²) in [5.74, 6) is 3.50. The van der Waals surface area contributed by atoms with Crippen LogP contribution in [0.25, 0.3) is 11.1 Å². The van der Waals surface area contributed by atoms with Crippen molar-refractivity contribution < 1.29 is 0 Å². The number of benzene rings is 4. The van der Waals surface area contributed by atoms with E-state index in [1.165, 1.54) is 71.4 Å². The summed E-state index contributed by atoms with van der Waals surface area (Å²) in [6.07, 6.45) is 7.16. The van der Waals surface area contributed by atoms with Crippen LogP contribution in [0.2, 0.25) is 0 Å². The smallest absolute Gasteiger partial charge is 0.0491 e. The zero-order chi connectivity index (χ0) is 26.0. The second-order valence-electron chi connectivity index (χ2n) is 11.9. The molecule has 4 aromatic carbocycles. The van der Waals surface area contributed by atoms with Crippen molar-refractivity contribution in [1.29, 1.82) is 0 Å². The Bertz CT molecular complexity index is 1460. The molecule has 0 heterocycles. The van der Waals surface area contributed by atoms with E-state index in [9.17, 15) is 0 Å². The van der Waals surface area contributed by atoms with Gasteiger partial charge in [0.15, 0.2) is 0 Å². The van der Waals surface area contributed by atoms with E-state index in [1.54, 1.807) is 11.1 Å². The van der Waals surface area contributed by atoms with Gasteiger partial charge in [0.05, 0.1) is 0 Å². The van der Waals surface area contributed by atoms with Crippen LogP contribution in [0.4, 0.5) is 17.1 Å². The Hall–Kier alpha value is -2.36. The highest BCUT2D eigenvalue weighted by Gasteiger charge is 2.42. The first-order valence-electron chi connectivity index (χ1n) is 14.0. The van der Waals surface area contributed by atoms with Gasteiger partial charge in [0, 0.05) is 26.0 Å². The molecule has 0 N–H and O–H groups in total. The van der Waals surface area contributed by atoms with Crippen LogP contribution in [-0.4, -0.2) is 0 Å². The lowest BCUT2D eigenvalue weighted by Gasteiger charge is -2.38. The maximum Gasteiger partial charge on any atom is 0.0491 e. The molecular formula is C35H33Br2N. The third kappa shape index (κ3) is 4.36. The lowest BCUT2D eigenvalue weighted by Crippen LogP contribution is -2.25. The topological polar surface area (TPSA) is 3.24 Å². The molecule has 4 aliphatic rings. The van der Waals surface area contributed by atoms with Gasteiger partial charge in [-0.1, -0.05) is 62.2 Å². The minimum atomic E-state index is 0.775. The Balaban J connectivity index is 1.27. The van der Waals surface area contributed by atoms with E-state index in [-0.39, 0.29) is 0 Å². The summed E-state index contributed by atoms with van der Waals surface area (Å²) in [5.41, 5.74) is 12.0. The summed E-state index contributed by atoms with van der Waals surface area (Å²) in [4.78, 5) is 2.39.